The lowest BCUT2D eigenvalue weighted by molar-refractivity contribution is 0.483. The third kappa shape index (κ3) is 3.07. The number of hydrogen-bond donors (Lipinski definition) is 2. The predicted octanol–water partition coefficient (Wildman–Crippen LogP) is 4.88. The number of aromatic nitrogens is 2. The molecule has 0 aliphatic carbocycles. The van der Waals surface area contributed by atoms with Crippen molar-refractivity contribution in [1.82, 2.24) is 9.78 Å². The summed E-state index contributed by atoms with van der Waals surface area (Å²) in [7, 11) is 0. The van der Waals surface area contributed by atoms with Crippen LogP contribution in [0.15, 0.2) is 78.9 Å². The second-order valence-corrected chi connectivity index (χ2v) is 6.83. The number of fused-ring (bicyclic) bond motifs is 3. The highest BCUT2D eigenvalue weighted by Crippen LogP contribution is 2.31. The molecule has 4 aromatic rings. The summed E-state index contributed by atoms with van der Waals surface area (Å²) in [6, 6.07) is 25.8. The number of nitrogens with one attached hydrogen (secondary N) is 1. The van der Waals surface area contributed by atoms with Gasteiger partial charge >= 0.3 is 0 Å². The summed E-state index contributed by atoms with van der Waals surface area (Å²) in [6.45, 7) is 0.853. The van der Waals surface area contributed by atoms with E-state index in [9.17, 15) is 0 Å². The van der Waals surface area contributed by atoms with Crippen molar-refractivity contribution in [3.05, 3.63) is 84.4 Å². The quantitative estimate of drug-likeness (QED) is 0.506. The van der Waals surface area contributed by atoms with Gasteiger partial charge in [0.1, 0.15) is 17.3 Å². The number of nitrogen functional groups attached to an aromatic ring is 1. The molecule has 0 atom stereocenters. The summed E-state index contributed by atoms with van der Waals surface area (Å²) in [5.41, 5.74) is 11.0. The zero-order valence-electron chi connectivity index (χ0n) is 15.3. The zero-order chi connectivity index (χ0) is 18.9. The predicted molar refractivity (Wildman–Crippen MR) is 112 cm³/mol. The number of ether oxygens (including phenoxy) is 1. The van der Waals surface area contributed by atoms with Crippen molar-refractivity contribution in [2.45, 2.75) is 6.42 Å². The van der Waals surface area contributed by atoms with Crippen LogP contribution in [0.25, 0.3) is 16.9 Å². The zero-order valence-corrected chi connectivity index (χ0v) is 15.3. The lowest BCUT2D eigenvalue weighted by Crippen LogP contribution is -2.03. The number of rotatable bonds is 3. The number of para-hydroxylation sites is 1. The highest BCUT2D eigenvalue weighted by molar-refractivity contribution is 5.67. The van der Waals surface area contributed by atoms with Gasteiger partial charge in [0.15, 0.2) is 0 Å². The maximum absolute atomic E-state index is 5.96. The van der Waals surface area contributed by atoms with Gasteiger partial charge in [-0.3, -0.25) is 0 Å². The van der Waals surface area contributed by atoms with E-state index in [1.165, 1.54) is 5.56 Å². The van der Waals surface area contributed by atoms with Crippen molar-refractivity contribution in [2.75, 3.05) is 17.6 Å². The first-order valence-corrected chi connectivity index (χ1v) is 9.32. The molecule has 0 saturated heterocycles. The fourth-order valence-corrected chi connectivity index (χ4v) is 3.49. The lowest BCUT2D eigenvalue weighted by Gasteiger charge is -2.08. The van der Waals surface area contributed by atoms with Crippen LogP contribution in [0.4, 0.5) is 11.5 Å². The summed E-state index contributed by atoms with van der Waals surface area (Å²) >= 11 is 0. The molecule has 3 aromatic carbocycles. The van der Waals surface area contributed by atoms with E-state index in [1.54, 1.807) is 0 Å². The van der Waals surface area contributed by atoms with E-state index in [1.807, 2.05) is 77.5 Å². The van der Waals surface area contributed by atoms with Gasteiger partial charge in [0.2, 0.25) is 0 Å². The maximum atomic E-state index is 5.96. The fourth-order valence-electron chi connectivity index (χ4n) is 3.49. The molecule has 0 saturated carbocycles. The van der Waals surface area contributed by atoms with Gasteiger partial charge in [-0.05, 0) is 66.6 Å². The van der Waals surface area contributed by atoms with Crippen LogP contribution in [0.5, 0.6) is 11.5 Å². The van der Waals surface area contributed by atoms with Crippen molar-refractivity contribution >= 4 is 11.5 Å². The van der Waals surface area contributed by atoms with E-state index in [0.29, 0.717) is 0 Å². The molecule has 5 nitrogen and oxygen atoms in total. The molecule has 3 N–H and O–H groups in total. The van der Waals surface area contributed by atoms with E-state index < -0.39 is 0 Å². The lowest BCUT2D eigenvalue weighted by atomic mass is 10.1. The monoisotopic (exact) mass is 368 g/mol. The SMILES string of the molecule is Nc1ccc2c(c1)CCNc1cc(-c3ccc(Oc4ccccc4)cc3)nn1-2. The Balaban J connectivity index is 1.45. The highest BCUT2D eigenvalue weighted by atomic mass is 16.5. The fraction of sp³-hybridized carbons (Fsp3) is 0.0870. The van der Waals surface area contributed by atoms with Gasteiger partial charge in [-0.1, -0.05) is 18.2 Å². The highest BCUT2D eigenvalue weighted by Gasteiger charge is 2.17. The van der Waals surface area contributed by atoms with Gasteiger partial charge in [0.05, 0.1) is 11.4 Å². The molecule has 28 heavy (non-hydrogen) atoms. The van der Waals surface area contributed by atoms with Crippen molar-refractivity contribution < 1.29 is 4.74 Å². The molecule has 0 amide bonds. The van der Waals surface area contributed by atoms with Crippen LogP contribution < -0.4 is 15.8 Å². The molecule has 5 heteroatoms. The normalized spacial score (nSPS) is 12.4. The van der Waals surface area contributed by atoms with Gasteiger partial charge in [-0.25, -0.2) is 4.68 Å². The molecule has 2 heterocycles. The van der Waals surface area contributed by atoms with Gasteiger partial charge in [-0.2, -0.15) is 5.10 Å². The van der Waals surface area contributed by atoms with Gasteiger partial charge in [0.25, 0.3) is 0 Å². The number of hydrogen-bond acceptors (Lipinski definition) is 4. The van der Waals surface area contributed by atoms with Crippen molar-refractivity contribution in [3.63, 3.8) is 0 Å². The molecule has 1 aromatic heterocycles. The Bertz CT molecular complexity index is 1120. The number of anilines is 2. The molecular weight excluding hydrogens is 348 g/mol. The summed E-state index contributed by atoms with van der Waals surface area (Å²) in [6.07, 6.45) is 0.921. The van der Waals surface area contributed by atoms with Crippen molar-refractivity contribution in [2.24, 2.45) is 0 Å². The first kappa shape index (κ1) is 16.4. The summed E-state index contributed by atoms with van der Waals surface area (Å²) in [5.74, 6) is 2.61. The number of benzene rings is 3. The first-order valence-electron chi connectivity index (χ1n) is 9.32. The van der Waals surface area contributed by atoms with Crippen LogP contribution in [-0.2, 0) is 6.42 Å². The summed E-state index contributed by atoms with van der Waals surface area (Å²) in [5, 5.41) is 8.30. The van der Waals surface area contributed by atoms with E-state index >= 15 is 0 Å². The third-order valence-corrected chi connectivity index (χ3v) is 4.87. The molecule has 0 unspecified atom stereocenters. The van der Waals surface area contributed by atoms with E-state index in [4.69, 9.17) is 15.6 Å². The molecule has 138 valence electrons. The van der Waals surface area contributed by atoms with Crippen LogP contribution in [0.3, 0.4) is 0 Å². The average molecular weight is 368 g/mol. The maximum Gasteiger partial charge on any atom is 0.130 e. The van der Waals surface area contributed by atoms with Crippen LogP contribution >= 0.6 is 0 Å². The minimum atomic E-state index is 0.781. The van der Waals surface area contributed by atoms with Crippen LogP contribution in [-0.4, -0.2) is 16.3 Å². The van der Waals surface area contributed by atoms with Crippen LogP contribution in [0.1, 0.15) is 5.56 Å². The van der Waals surface area contributed by atoms with E-state index in [2.05, 4.69) is 11.4 Å². The number of nitrogens with zero attached hydrogens (tertiary/aromatic N) is 2. The van der Waals surface area contributed by atoms with Gasteiger partial charge < -0.3 is 15.8 Å². The molecule has 0 radical (unpaired) electrons. The topological polar surface area (TPSA) is 65.1 Å². The largest absolute Gasteiger partial charge is 0.457 e. The Morgan fingerprint density at radius 3 is 2.50 bits per heavy atom. The van der Waals surface area contributed by atoms with Gasteiger partial charge in [0, 0.05) is 23.9 Å². The van der Waals surface area contributed by atoms with Crippen molar-refractivity contribution in [1.29, 1.82) is 0 Å². The standard InChI is InChI=1S/C23H20N4O/c24-18-8-11-22-17(14-18)12-13-25-23-15-21(26-27(22)23)16-6-9-20(10-7-16)28-19-4-2-1-3-5-19/h1-11,14-15,25H,12-13,24H2. The minimum Gasteiger partial charge on any atom is -0.457 e. The Labute approximate surface area is 163 Å². The molecule has 0 bridgehead atoms. The average Bonchev–Trinajstić information content (AvgIpc) is 3.06. The second-order valence-electron chi connectivity index (χ2n) is 6.83. The Hall–Kier alpha value is -3.73. The molecule has 5 rings (SSSR count). The van der Waals surface area contributed by atoms with E-state index in [-0.39, 0.29) is 0 Å². The molecular formula is C23H20N4O. The third-order valence-electron chi connectivity index (χ3n) is 4.87. The smallest absolute Gasteiger partial charge is 0.130 e. The van der Waals surface area contributed by atoms with Crippen LogP contribution in [0.2, 0.25) is 0 Å². The molecule has 0 fully saturated rings. The van der Waals surface area contributed by atoms with Crippen LogP contribution in [0, 0.1) is 0 Å². The molecule has 1 aliphatic heterocycles. The summed E-state index contributed by atoms with van der Waals surface area (Å²) in [4.78, 5) is 0. The Morgan fingerprint density at radius 2 is 1.68 bits per heavy atom. The minimum absolute atomic E-state index is 0.781. The Morgan fingerprint density at radius 1 is 0.893 bits per heavy atom. The molecule has 1 aliphatic rings. The first-order chi connectivity index (χ1) is 13.8. The Kier molecular flexibility index (Phi) is 3.98. The van der Waals surface area contributed by atoms with E-state index in [0.717, 1.165) is 52.9 Å². The summed E-state index contributed by atoms with van der Waals surface area (Å²) < 4.78 is 7.84. The number of nitrogens with two attached hydrogens (primary N) is 1. The second kappa shape index (κ2) is 6.78. The van der Waals surface area contributed by atoms with Gasteiger partial charge in [-0.15, -0.1) is 0 Å². The molecule has 0 spiro atoms. The van der Waals surface area contributed by atoms with Crippen molar-refractivity contribution in [3.8, 4) is 28.4 Å².